The molecule has 0 aromatic heterocycles. The van der Waals surface area contributed by atoms with Crippen LogP contribution in [0, 0.1) is 5.92 Å². The zero-order valence-corrected chi connectivity index (χ0v) is 14.6. The summed E-state index contributed by atoms with van der Waals surface area (Å²) in [5, 5.41) is 8.33. The Kier molecular flexibility index (Phi) is 4.50. The molecule has 0 atom stereocenters. The molecule has 1 fully saturated rings. The van der Waals surface area contributed by atoms with Gasteiger partial charge in [-0.3, -0.25) is 14.4 Å². The third kappa shape index (κ3) is 4.25. The minimum absolute atomic E-state index is 0.0218. The van der Waals surface area contributed by atoms with Gasteiger partial charge in [-0.2, -0.15) is 0 Å². The largest absolute Gasteiger partial charge is 0.484 e. The van der Waals surface area contributed by atoms with Crippen LogP contribution in [0.1, 0.15) is 18.4 Å². The first kappa shape index (κ1) is 17.1. The second kappa shape index (κ2) is 7.11. The van der Waals surface area contributed by atoms with Gasteiger partial charge in [0.25, 0.3) is 5.91 Å². The van der Waals surface area contributed by atoms with Crippen LogP contribution >= 0.6 is 0 Å². The Hall–Kier alpha value is -3.35. The molecule has 3 amide bonds. The van der Waals surface area contributed by atoms with Crippen molar-refractivity contribution in [2.75, 3.05) is 22.6 Å². The number of ether oxygens (including phenoxy) is 1. The van der Waals surface area contributed by atoms with Crippen molar-refractivity contribution in [1.82, 2.24) is 0 Å². The van der Waals surface area contributed by atoms with E-state index in [9.17, 15) is 14.4 Å². The predicted molar refractivity (Wildman–Crippen MR) is 101 cm³/mol. The second-order valence-corrected chi connectivity index (χ2v) is 6.73. The summed E-state index contributed by atoms with van der Waals surface area (Å²) in [5.74, 6) is 0.281. The number of benzene rings is 2. The Labute approximate surface area is 156 Å². The summed E-state index contributed by atoms with van der Waals surface area (Å²) >= 11 is 0. The van der Waals surface area contributed by atoms with Gasteiger partial charge in [-0.15, -0.1) is 0 Å². The highest BCUT2D eigenvalue weighted by Gasteiger charge is 2.29. The maximum atomic E-state index is 12.1. The average molecular weight is 365 g/mol. The molecule has 7 heteroatoms. The molecule has 0 bridgehead atoms. The van der Waals surface area contributed by atoms with Crippen LogP contribution in [0.4, 0.5) is 17.1 Å². The number of carbonyl (C=O) groups excluding carboxylic acids is 3. The van der Waals surface area contributed by atoms with E-state index in [-0.39, 0.29) is 30.2 Å². The summed E-state index contributed by atoms with van der Waals surface area (Å²) in [5.41, 5.74) is 2.88. The highest BCUT2D eigenvalue weighted by atomic mass is 16.5. The van der Waals surface area contributed by atoms with Crippen molar-refractivity contribution in [3.8, 4) is 5.75 Å². The van der Waals surface area contributed by atoms with Crippen LogP contribution in [0.2, 0.25) is 0 Å². The van der Waals surface area contributed by atoms with Crippen molar-refractivity contribution in [2.45, 2.75) is 19.3 Å². The van der Waals surface area contributed by atoms with Gasteiger partial charge in [0.2, 0.25) is 11.8 Å². The summed E-state index contributed by atoms with van der Waals surface area (Å²) in [6.07, 6.45) is 2.24. The summed E-state index contributed by atoms with van der Waals surface area (Å²) in [6.45, 7) is -0.163. The number of hydrogen-bond donors (Lipinski definition) is 3. The molecule has 0 radical (unpaired) electrons. The van der Waals surface area contributed by atoms with Crippen LogP contribution in [0.3, 0.4) is 0 Å². The minimum atomic E-state index is -0.313. The molecule has 2 aromatic carbocycles. The summed E-state index contributed by atoms with van der Waals surface area (Å²) in [4.78, 5) is 35.3. The van der Waals surface area contributed by atoms with Gasteiger partial charge in [0.15, 0.2) is 6.61 Å². The highest BCUT2D eigenvalue weighted by molar-refractivity contribution is 6.01. The molecule has 27 heavy (non-hydrogen) atoms. The van der Waals surface area contributed by atoms with Crippen LogP contribution in [0.5, 0.6) is 5.75 Å². The van der Waals surface area contributed by atoms with Gasteiger partial charge in [-0.1, -0.05) is 12.1 Å². The summed E-state index contributed by atoms with van der Waals surface area (Å²) in [6, 6.07) is 12.3. The number of anilines is 3. The first-order chi connectivity index (χ1) is 13.1. The normalized spacial score (nSPS) is 14.9. The Balaban J connectivity index is 1.31. The maximum absolute atomic E-state index is 12.1. The fourth-order valence-electron chi connectivity index (χ4n) is 2.89. The number of amides is 3. The Morgan fingerprint density at radius 3 is 2.70 bits per heavy atom. The van der Waals surface area contributed by atoms with Gasteiger partial charge < -0.3 is 20.7 Å². The molecule has 2 aromatic rings. The molecule has 1 aliphatic carbocycles. The molecular formula is C20H19N3O4. The molecule has 0 unspecified atom stereocenters. The van der Waals surface area contributed by atoms with E-state index in [1.807, 2.05) is 6.07 Å². The third-order valence-corrected chi connectivity index (χ3v) is 4.44. The smallest absolute Gasteiger partial charge is 0.262 e. The zero-order valence-electron chi connectivity index (χ0n) is 14.6. The monoisotopic (exact) mass is 365 g/mol. The number of hydrogen-bond acceptors (Lipinski definition) is 4. The fraction of sp³-hybridized carbons (Fsp3) is 0.250. The van der Waals surface area contributed by atoms with E-state index in [2.05, 4.69) is 16.0 Å². The van der Waals surface area contributed by atoms with Gasteiger partial charge >= 0.3 is 0 Å². The Bertz CT molecular complexity index is 921. The van der Waals surface area contributed by atoms with Crippen molar-refractivity contribution in [2.24, 2.45) is 5.92 Å². The lowest BCUT2D eigenvalue weighted by Gasteiger charge is -2.10. The maximum Gasteiger partial charge on any atom is 0.262 e. The van der Waals surface area contributed by atoms with Gasteiger partial charge in [0.1, 0.15) is 5.75 Å². The van der Waals surface area contributed by atoms with E-state index in [0.717, 1.165) is 24.1 Å². The molecule has 7 nitrogen and oxygen atoms in total. The van der Waals surface area contributed by atoms with Crippen LogP contribution in [0.25, 0.3) is 0 Å². The van der Waals surface area contributed by atoms with Crippen molar-refractivity contribution in [1.29, 1.82) is 0 Å². The second-order valence-electron chi connectivity index (χ2n) is 6.73. The van der Waals surface area contributed by atoms with Gasteiger partial charge in [-0.05, 0) is 42.7 Å². The minimum Gasteiger partial charge on any atom is -0.484 e. The lowest BCUT2D eigenvalue weighted by Crippen LogP contribution is -2.20. The quantitative estimate of drug-likeness (QED) is 0.733. The van der Waals surface area contributed by atoms with Gasteiger partial charge in [0.05, 0.1) is 6.42 Å². The molecule has 1 heterocycles. The molecule has 2 aliphatic rings. The zero-order chi connectivity index (χ0) is 18.8. The van der Waals surface area contributed by atoms with Crippen LogP contribution in [0.15, 0.2) is 42.5 Å². The van der Waals surface area contributed by atoms with Crippen molar-refractivity contribution in [3.63, 3.8) is 0 Å². The van der Waals surface area contributed by atoms with Crippen LogP contribution in [-0.2, 0) is 20.8 Å². The molecule has 3 N–H and O–H groups in total. The molecule has 1 saturated carbocycles. The van der Waals surface area contributed by atoms with E-state index in [1.165, 1.54) is 0 Å². The lowest BCUT2D eigenvalue weighted by atomic mass is 10.1. The fourth-order valence-corrected chi connectivity index (χ4v) is 2.89. The first-order valence-electron chi connectivity index (χ1n) is 8.83. The highest BCUT2D eigenvalue weighted by Crippen LogP contribution is 2.30. The molecular weight excluding hydrogens is 346 g/mol. The van der Waals surface area contributed by atoms with Gasteiger partial charge in [0, 0.05) is 29.0 Å². The molecule has 0 spiro atoms. The SMILES string of the molecule is O=C(COc1cccc(NC(=O)C2CC2)c1)Nc1ccc2c(c1)NC(=O)C2. The van der Waals surface area contributed by atoms with Crippen molar-refractivity contribution in [3.05, 3.63) is 48.0 Å². The number of nitrogens with one attached hydrogen (secondary N) is 3. The van der Waals surface area contributed by atoms with E-state index in [1.54, 1.807) is 36.4 Å². The Morgan fingerprint density at radius 2 is 1.89 bits per heavy atom. The Morgan fingerprint density at radius 1 is 1.07 bits per heavy atom. The third-order valence-electron chi connectivity index (χ3n) is 4.44. The summed E-state index contributed by atoms with van der Waals surface area (Å²) in [7, 11) is 0. The molecule has 4 rings (SSSR count). The average Bonchev–Trinajstić information content (AvgIpc) is 3.42. The van der Waals surface area contributed by atoms with E-state index in [4.69, 9.17) is 4.74 Å². The molecule has 1 aliphatic heterocycles. The molecule has 138 valence electrons. The number of rotatable bonds is 6. The summed E-state index contributed by atoms with van der Waals surface area (Å²) < 4.78 is 5.51. The number of fused-ring (bicyclic) bond motifs is 1. The predicted octanol–water partition coefficient (Wildman–Crippen LogP) is 2.55. The topological polar surface area (TPSA) is 96.5 Å². The standard InChI is InChI=1S/C20H19N3O4/c24-18-8-13-6-7-15(10-17(13)23-18)21-19(25)11-27-16-3-1-2-14(9-16)22-20(26)12-4-5-12/h1-3,6-7,9-10,12H,4-5,8,11H2,(H,21,25)(H,22,26)(H,23,24). The number of carbonyl (C=O) groups is 3. The molecule has 0 saturated heterocycles. The van der Waals surface area contributed by atoms with Crippen LogP contribution in [-0.4, -0.2) is 24.3 Å². The van der Waals surface area contributed by atoms with Crippen LogP contribution < -0.4 is 20.7 Å². The van der Waals surface area contributed by atoms with E-state index < -0.39 is 0 Å². The first-order valence-corrected chi connectivity index (χ1v) is 8.83. The van der Waals surface area contributed by atoms with Gasteiger partial charge in [-0.25, -0.2) is 0 Å². The van der Waals surface area contributed by atoms with E-state index in [0.29, 0.717) is 23.5 Å². The van der Waals surface area contributed by atoms with Crippen molar-refractivity contribution >= 4 is 34.8 Å². The van der Waals surface area contributed by atoms with E-state index >= 15 is 0 Å². The lowest BCUT2D eigenvalue weighted by molar-refractivity contribution is -0.118. The van der Waals surface area contributed by atoms with Crippen molar-refractivity contribution < 1.29 is 19.1 Å².